The fourth-order valence-electron chi connectivity index (χ4n) is 4.44. The van der Waals surface area contributed by atoms with Crippen LogP contribution in [0, 0.1) is 5.92 Å². The molecule has 2 heterocycles. The minimum atomic E-state index is -0.0487. The summed E-state index contributed by atoms with van der Waals surface area (Å²) < 4.78 is 0. The smallest absolute Gasteiger partial charge is 0.314 e. The molecule has 2 aromatic rings. The summed E-state index contributed by atoms with van der Waals surface area (Å²) in [5.41, 5.74) is 4.15. The Morgan fingerprint density at radius 2 is 1.79 bits per heavy atom. The quantitative estimate of drug-likeness (QED) is 0.793. The zero-order chi connectivity index (χ0) is 20.1. The molecule has 29 heavy (non-hydrogen) atoms. The number of nitrogens with one attached hydrogen (secondary N) is 2. The van der Waals surface area contributed by atoms with E-state index < -0.39 is 0 Å². The van der Waals surface area contributed by atoms with Crippen LogP contribution in [0.4, 0.5) is 10.5 Å². The number of carbonyl (C=O) groups excluding carboxylic acids is 1. The van der Waals surface area contributed by atoms with Crippen LogP contribution in [0.3, 0.4) is 0 Å². The molecule has 1 fully saturated rings. The van der Waals surface area contributed by atoms with Crippen molar-refractivity contribution in [2.45, 2.75) is 32.4 Å². The van der Waals surface area contributed by atoms with Crippen molar-refractivity contribution in [3.8, 4) is 0 Å². The number of hydrogen-bond donors (Lipinski definition) is 2. The van der Waals surface area contributed by atoms with Crippen LogP contribution in [-0.4, -0.2) is 49.7 Å². The topological polar surface area (TPSA) is 47.6 Å². The third-order valence-corrected chi connectivity index (χ3v) is 6.30. The average Bonchev–Trinajstić information content (AvgIpc) is 3.25. The van der Waals surface area contributed by atoms with Gasteiger partial charge >= 0.3 is 6.03 Å². The summed E-state index contributed by atoms with van der Waals surface area (Å²) in [6.07, 6.45) is 2.21. The van der Waals surface area contributed by atoms with Gasteiger partial charge in [-0.2, -0.15) is 0 Å². The largest absolute Gasteiger partial charge is 0.371 e. The molecular weight excluding hydrogens is 360 g/mol. The molecule has 0 bridgehead atoms. The lowest BCUT2D eigenvalue weighted by Gasteiger charge is -2.33. The number of anilines is 1. The fraction of sp³-hybridized carbons (Fsp3) is 0.458. The molecule has 2 N–H and O–H groups in total. The molecule has 0 radical (unpaired) electrons. The lowest BCUT2D eigenvalue weighted by molar-refractivity contribution is 0.184. The standard InChI is InChI=1S/C24H32N4O/c1-19(27-14-12-21-7-5-6-8-22(21)18-27)15-25-24(29)26-16-20-11-13-28(17-20)23-9-3-2-4-10-23/h2-10,19-20H,11-18H2,1H3,(H2,25,26,29). The molecule has 2 aliphatic heterocycles. The monoisotopic (exact) mass is 392 g/mol. The van der Waals surface area contributed by atoms with Crippen molar-refractivity contribution in [1.29, 1.82) is 0 Å². The summed E-state index contributed by atoms with van der Waals surface area (Å²) in [5, 5.41) is 6.14. The summed E-state index contributed by atoms with van der Waals surface area (Å²) in [6.45, 7) is 7.70. The van der Waals surface area contributed by atoms with E-state index in [4.69, 9.17) is 0 Å². The highest BCUT2D eigenvalue weighted by atomic mass is 16.2. The first-order chi connectivity index (χ1) is 14.2. The molecule has 0 spiro atoms. The Balaban J connectivity index is 1.16. The predicted molar refractivity (Wildman–Crippen MR) is 118 cm³/mol. The van der Waals surface area contributed by atoms with E-state index in [0.717, 1.165) is 45.6 Å². The van der Waals surface area contributed by atoms with Gasteiger partial charge in [0.05, 0.1) is 0 Å². The van der Waals surface area contributed by atoms with E-state index in [2.05, 4.69) is 75.9 Å². The molecule has 0 saturated carbocycles. The van der Waals surface area contributed by atoms with Crippen LogP contribution in [0.5, 0.6) is 0 Å². The zero-order valence-corrected chi connectivity index (χ0v) is 17.3. The van der Waals surface area contributed by atoms with E-state index in [1.165, 1.54) is 16.8 Å². The highest BCUT2D eigenvalue weighted by molar-refractivity contribution is 5.73. The molecule has 2 amide bonds. The number of rotatable bonds is 6. The maximum atomic E-state index is 12.3. The van der Waals surface area contributed by atoms with Crippen LogP contribution in [0.25, 0.3) is 0 Å². The van der Waals surface area contributed by atoms with Crippen molar-refractivity contribution in [2.75, 3.05) is 37.6 Å². The van der Waals surface area contributed by atoms with Gasteiger partial charge in [0.15, 0.2) is 0 Å². The normalized spacial score (nSPS) is 20.2. The van der Waals surface area contributed by atoms with Crippen molar-refractivity contribution < 1.29 is 4.79 Å². The summed E-state index contributed by atoms with van der Waals surface area (Å²) in [6, 6.07) is 19.5. The third kappa shape index (κ3) is 5.10. The fourth-order valence-corrected chi connectivity index (χ4v) is 4.44. The summed E-state index contributed by atoms with van der Waals surface area (Å²) >= 11 is 0. The van der Waals surface area contributed by atoms with E-state index in [9.17, 15) is 4.79 Å². The molecule has 2 unspecified atom stereocenters. The number of fused-ring (bicyclic) bond motifs is 1. The van der Waals surface area contributed by atoms with Gasteiger partial charge in [-0.3, -0.25) is 4.90 Å². The summed E-state index contributed by atoms with van der Waals surface area (Å²) in [7, 11) is 0. The Kier molecular flexibility index (Phi) is 6.35. The molecule has 2 aromatic carbocycles. The van der Waals surface area contributed by atoms with Crippen molar-refractivity contribution >= 4 is 11.7 Å². The molecule has 0 aliphatic carbocycles. The number of urea groups is 1. The van der Waals surface area contributed by atoms with Gasteiger partial charge in [0.25, 0.3) is 0 Å². The van der Waals surface area contributed by atoms with E-state index in [0.29, 0.717) is 18.5 Å². The number of nitrogens with zero attached hydrogens (tertiary/aromatic N) is 2. The summed E-state index contributed by atoms with van der Waals surface area (Å²) in [5.74, 6) is 0.511. The SMILES string of the molecule is CC(CNC(=O)NCC1CCN(c2ccccc2)C1)N1CCc2ccccc2C1. The van der Waals surface area contributed by atoms with E-state index in [1.807, 2.05) is 6.07 Å². The molecule has 1 saturated heterocycles. The number of carbonyl (C=O) groups is 1. The van der Waals surface area contributed by atoms with Gasteiger partial charge in [0, 0.05) is 51.0 Å². The molecule has 2 aliphatic rings. The Labute approximate surface area is 174 Å². The van der Waals surface area contributed by atoms with Crippen molar-refractivity contribution in [3.63, 3.8) is 0 Å². The van der Waals surface area contributed by atoms with Gasteiger partial charge in [-0.25, -0.2) is 4.79 Å². The number of benzene rings is 2. The first kappa shape index (κ1) is 19.8. The van der Waals surface area contributed by atoms with Gasteiger partial charge in [-0.1, -0.05) is 42.5 Å². The second-order valence-electron chi connectivity index (χ2n) is 8.37. The molecule has 2 atom stereocenters. The van der Waals surface area contributed by atoms with Gasteiger partial charge in [-0.05, 0) is 48.9 Å². The highest BCUT2D eigenvalue weighted by Crippen LogP contribution is 2.23. The first-order valence-corrected chi connectivity index (χ1v) is 10.8. The minimum Gasteiger partial charge on any atom is -0.371 e. The third-order valence-electron chi connectivity index (χ3n) is 6.30. The van der Waals surface area contributed by atoms with Gasteiger partial charge < -0.3 is 15.5 Å². The highest BCUT2D eigenvalue weighted by Gasteiger charge is 2.24. The van der Waals surface area contributed by atoms with Crippen LogP contribution in [-0.2, 0) is 13.0 Å². The second kappa shape index (κ2) is 9.31. The minimum absolute atomic E-state index is 0.0487. The van der Waals surface area contributed by atoms with E-state index in [-0.39, 0.29) is 6.03 Å². The number of para-hydroxylation sites is 1. The Hall–Kier alpha value is -2.53. The average molecular weight is 393 g/mol. The summed E-state index contributed by atoms with van der Waals surface area (Å²) in [4.78, 5) is 17.1. The molecular formula is C24H32N4O. The van der Waals surface area contributed by atoms with Crippen LogP contribution in [0.15, 0.2) is 54.6 Å². The molecule has 5 heteroatoms. The van der Waals surface area contributed by atoms with Crippen molar-refractivity contribution in [3.05, 3.63) is 65.7 Å². The lowest BCUT2D eigenvalue weighted by Crippen LogP contribution is -2.47. The van der Waals surface area contributed by atoms with Crippen molar-refractivity contribution in [2.24, 2.45) is 5.92 Å². The van der Waals surface area contributed by atoms with Gasteiger partial charge in [0.2, 0.25) is 0 Å². The molecule has 0 aromatic heterocycles. The first-order valence-electron chi connectivity index (χ1n) is 10.8. The van der Waals surface area contributed by atoms with Crippen LogP contribution < -0.4 is 15.5 Å². The maximum Gasteiger partial charge on any atom is 0.314 e. The van der Waals surface area contributed by atoms with Gasteiger partial charge in [-0.15, -0.1) is 0 Å². The Bertz CT molecular complexity index is 810. The zero-order valence-electron chi connectivity index (χ0n) is 17.3. The van der Waals surface area contributed by atoms with Gasteiger partial charge in [0.1, 0.15) is 0 Å². The molecule has 154 valence electrons. The number of amides is 2. The van der Waals surface area contributed by atoms with E-state index >= 15 is 0 Å². The number of hydrogen-bond acceptors (Lipinski definition) is 3. The predicted octanol–water partition coefficient (Wildman–Crippen LogP) is 3.26. The van der Waals surface area contributed by atoms with Crippen molar-refractivity contribution in [1.82, 2.24) is 15.5 Å². The molecule has 5 nitrogen and oxygen atoms in total. The second-order valence-corrected chi connectivity index (χ2v) is 8.37. The van der Waals surface area contributed by atoms with Crippen LogP contribution in [0.2, 0.25) is 0 Å². The molecule has 4 rings (SSSR count). The maximum absolute atomic E-state index is 12.3. The Morgan fingerprint density at radius 1 is 1.03 bits per heavy atom. The van der Waals surface area contributed by atoms with E-state index in [1.54, 1.807) is 0 Å². The van der Waals surface area contributed by atoms with Crippen LogP contribution in [0.1, 0.15) is 24.5 Å². The Morgan fingerprint density at radius 3 is 2.62 bits per heavy atom. The lowest BCUT2D eigenvalue weighted by atomic mass is 9.99. The van der Waals surface area contributed by atoms with Crippen LogP contribution >= 0.6 is 0 Å².